The van der Waals surface area contributed by atoms with Crippen LogP contribution in [0.5, 0.6) is 0 Å². The predicted molar refractivity (Wildman–Crippen MR) is 214 cm³/mol. The lowest BCUT2D eigenvalue weighted by molar-refractivity contribution is 0.666. The van der Waals surface area contributed by atoms with E-state index in [2.05, 4.69) is 186 Å². The third-order valence-electron chi connectivity index (χ3n) is 12.0. The molecule has 0 spiro atoms. The van der Waals surface area contributed by atoms with Crippen molar-refractivity contribution >= 4 is 67.5 Å². The van der Waals surface area contributed by atoms with Gasteiger partial charge < -0.3 is 13.9 Å². The fraction of sp³-hybridized carbons (Fsp3) is 0.0638. The van der Waals surface area contributed by atoms with Crippen LogP contribution in [0, 0.1) is 0 Å². The Bertz CT molecular complexity index is 2910. The van der Waals surface area contributed by atoms with Gasteiger partial charge in [-0.1, -0.05) is 129 Å². The van der Waals surface area contributed by atoms with Crippen LogP contribution in [-0.2, 0) is 5.41 Å². The maximum Gasteiger partial charge on any atom is 0.333 e. The second-order valence-electron chi connectivity index (χ2n) is 14.9. The zero-order valence-electron chi connectivity index (χ0n) is 28.4. The number of rotatable bonds is 3. The maximum atomic E-state index is 2.74. The summed E-state index contributed by atoms with van der Waals surface area (Å²) >= 11 is 0. The Labute approximate surface area is 296 Å². The van der Waals surface area contributed by atoms with Crippen molar-refractivity contribution in [2.75, 3.05) is 4.90 Å². The van der Waals surface area contributed by atoms with E-state index in [9.17, 15) is 0 Å². The second-order valence-corrected chi connectivity index (χ2v) is 14.9. The average molecular weight is 650 g/mol. The molecule has 2 aromatic heterocycles. The third-order valence-corrected chi connectivity index (χ3v) is 12.0. The van der Waals surface area contributed by atoms with Crippen LogP contribution in [0.25, 0.3) is 60.8 Å². The Balaban J connectivity index is 1.29. The van der Waals surface area contributed by atoms with Gasteiger partial charge in [0, 0.05) is 66.7 Å². The summed E-state index contributed by atoms with van der Waals surface area (Å²) in [5.74, 6) is 0. The SMILES string of the molecule is CC1(C)c2ccccc2-c2c1c1cccc3c1n2B1c2c-3cc(N(c3ccccc3)c3ccccc3)cc2-n2c3ccccc3c3cccc1c32. The lowest BCUT2D eigenvalue weighted by Gasteiger charge is -2.36. The summed E-state index contributed by atoms with van der Waals surface area (Å²) in [5, 5.41) is 3.97. The van der Waals surface area contributed by atoms with Crippen molar-refractivity contribution in [2.45, 2.75) is 19.3 Å². The van der Waals surface area contributed by atoms with Crippen molar-refractivity contribution in [2.24, 2.45) is 0 Å². The highest BCUT2D eigenvalue weighted by Crippen LogP contribution is 2.55. The molecule has 4 heterocycles. The minimum atomic E-state index is -0.119. The van der Waals surface area contributed by atoms with Gasteiger partial charge in [-0.3, -0.25) is 0 Å². The summed E-state index contributed by atoms with van der Waals surface area (Å²) in [6.45, 7) is 4.86. The summed E-state index contributed by atoms with van der Waals surface area (Å²) in [6, 6.07) is 58.6. The van der Waals surface area contributed by atoms with Crippen molar-refractivity contribution in [3.8, 4) is 28.1 Å². The topological polar surface area (TPSA) is 13.1 Å². The van der Waals surface area contributed by atoms with Crippen molar-refractivity contribution in [1.82, 2.24) is 9.05 Å². The normalized spacial score (nSPS) is 14.2. The van der Waals surface area contributed by atoms with Crippen LogP contribution in [0.3, 0.4) is 0 Å². The van der Waals surface area contributed by atoms with Crippen LogP contribution in [0.15, 0.2) is 158 Å². The number of aromatic nitrogens is 2. The maximum absolute atomic E-state index is 2.74. The van der Waals surface area contributed by atoms with E-state index in [-0.39, 0.29) is 12.3 Å². The fourth-order valence-corrected chi connectivity index (χ4v) is 10.1. The number of benzene rings is 7. The molecule has 51 heavy (non-hydrogen) atoms. The van der Waals surface area contributed by atoms with E-state index >= 15 is 0 Å². The van der Waals surface area contributed by atoms with Gasteiger partial charge in [0.05, 0.1) is 11.0 Å². The molecule has 4 heteroatoms. The molecule has 0 fully saturated rings. The van der Waals surface area contributed by atoms with Gasteiger partial charge >= 0.3 is 6.85 Å². The number of anilines is 3. The van der Waals surface area contributed by atoms with Crippen LogP contribution in [-0.4, -0.2) is 15.9 Å². The van der Waals surface area contributed by atoms with E-state index in [1.54, 1.807) is 0 Å². The van der Waals surface area contributed by atoms with Crippen LogP contribution in [0.2, 0.25) is 0 Å². The Kier molecular flexibility index (Phi) is 5.13. The Morgan fingerprint density at radius 1 is 0.529 bits per heavy atom. The minimum Gasteiger partial charge on any atom is -0.375 e. The summed E-state index contributed by atoms with van der Waals surface area (Å²) in [6.07, 6.45) is 0. The molecule has 3 aliphatic rings. The minimum absolute atomic E-state index is 0.0227. The van der Waals surface area contributed by atoms with Crippen molar-refractivity contribution < 1.29 is 0 Å². The van der Waals surface area contributed by atoms with Crippen LogP contribution in [0.4, 0.5) is 17.1 Å². The van der Waals surface area contributed by atoms with Crippen molar-refractivity contribution in [3.63, 3.8) is 0 Å². The van der Waals surface area contributed by atoms with E-state index in [4.69, 9.17) is 0 Å². The molecule has 3 nitrogen and oxygen atoms in total. The Hall–Kier alpha value is -6.26. The molecule has 0 radical (unpaired) electrons. The van der Waals surface area contributed by atoms with E-state index < -0.39 is 0 Å². The predicted octanol–water partition coefficient (Wildman–Crippen LogP) is 10.5. The molecule has 1 aliphatic carbocycles. The van der Waals surface area contributed by atoms with Crippen LogP contribution < -0.4 is 15.8 Å². The summed E-state index contributed by atoms with van der Waals surface area (Å²) in [7, 11) is 0. The van der Waals surface area contributed by atoms with Gasteiger partial charge in [0.15, 0.2) is 0 Å². The van der Waals surface area contributed by atoms with E-state index in [1.165, 1.54) is 82.8 Å². The standard InChI is InChI=1S/C47H32BN3/c1-47(2)38-24-11-9-20-35(38)46-42(47)36-23-13-21-34-37-27-31(49(29-15-5-3-6-16-29)30-17-7-4-8-18-30)28-41-43(37)48(51(46)44(34)36)39-25-14-22-33-32-19-10-12-26-40(32)50(41)45(33)39/h3-28H,1-2H3. The van der Waals surface area contributed by atoms with E-state index in [1.807, 2.05) is 0 Å². The number of nitrogens with zero attached hydrogens (tertiary/aromatic N) is 3. The van der Waals surface area contributed by atoms with E-state index in [0.29, 0.717) is 0 Å². The molecule has 12 rings (SSSR count). The van der Waals surface area contributed by atoms with Gasteiger partial charge in [-0.2, -0.15) is 0 Å². The molecular formula is C47H32BN3. The second kappa shape index (κ2) is 9.50. The molecule has 0 atom stereocenters. The quantitative estimate of drug-likeness (QED) is 0.174. The molecule has 0 saturated carbocycles. The molecule has 7 aromatic carbocycles. The number of para-hydroxylation sites is 5. The first-order valence-corrected chi connectivity index (χ1v) is 18.0. The summed E-state index contributed by atoms with van der Waals surface area (Å²) in [4.78, 5) is 2.42. The lowest BCUT2D eigenvalue weighted by Crippen LogP contribution is -2.55. The first-order valence-electron chi connectivity index (χ1n) is 18.0. The lowest BCUT2D eigenvalue weighted by atomic mass is 9.45. The molecule has 0 unspecified atom stereocenters. The largest absolute Gasteiger partial charge is 0.375 e. The monoisotopic (exact) mass is 649 g/mol. The van der Waals surface area contributed by atoms with Crippen LogP contribution >= 0.6 is 0 Å². The Morgan fingerprint density at radius 3 is 1.98 bits per heavy atom. The highest BCUT2D eigenvalue weighted by atomic mass is 15.1. The van der Waals surface area contributed by atoms with Crippen LogP contribution in [0.1, 0.15) is 25.0 Å². The molecule has 0 saturated heterocycles. The molecule has 0 bridgehead atoms. The van der Waals surface area contributed by atoms with Crippen molar-refractivity contribution in [3.05, 3.63) is 169 Å². The highest BCUT2D eigenvalue weighted by Gasteiger charge is 2.47. The van der Waals surface area contributed by atoms with Gasteiger partial charge in [-0.25, -0.2) is 0 Å². The van der Waals surface area contributed by atoms with Gasteiger partial charge in [0.25, 0.3) is 0 Å². The zero-order valence-corrected chi connectivity index (χ0v) is 28.4. The molecule has 0 amide bonds. The molecule has 2 aliphatic heterocycles. The van der Waals surface area contributed by atoms with Crippen molar-refractivity contribution in [1.29, 1.82) is 0 Å². The highest BCUT2D eigenvalue weighted by molar-refractivity contribution is 6.89. The van der Waals surface area contributed by atoms with Gasteiger partial charge in [0.2, 0.25) is 0 Å². The van der Waals surface area contributed by atoms with Gasteiger partial charge in [0.1, 0.15) is 0 Å². The number of hydrogen-bond donors (Lipinski definition) is 0. The smallest absolute Gasteiger partial charge is 0.333 e. The van der Waals surface area contributed by atoms with Gasteiger partial charge in [-0.05, 0) is 70.1 Å². The number of fused-ring (bicyclic) bond motifs is 12. The fourth-order valence-electron chi connectivity index (χ4n) is 10.1. The summed E-state index contributed by atoms with van der Waals surface area (Å²) < 4.78 is 5.31. The summed E-state index contributed by atoms with van der Waals surface area (Å²) in [5.41, 5.74) is 19.4. The first kappa shape index (κ1) is 27.6. The Morgan fingerprint density at radius 2 is 1.18 bits per heavy atom. The molecular weight excluding hydrogens is 617 g/mol. The zero-order chi connectivity index (χ0) is 33.6. The first-order chi connectivity index (χ1) is 25.1. The van der Waals surface area contributed by atoms with Gasteiger partial charge in [-0.15, -0.1) is 0 Å². The number of hydrogen-bond acceptors (Lipinski definition) is 1. The molecule has 0 N–H and O–H groups in total. The third kappa shape index (κ3) is 3.31. The molecule has 9 aromatic rings. The molecule has 238 valence electrons. The average Bonchev–Trinajstić information content (AvgIpc) is 3.78. The van der Waals surface area contributed by atoms with E-state index in [0.717, 1.165) is 17.1 Å².